The molecule has 1 heterocycles. The fraction of sp³-hybridized carbons (Fsp3) is 0.684. The third kappa shape index (κ3) is 3.32. The van der Waals surface area contributed by atoms with E-state index in [1.807, 2.05) is 0 Å². The van der Waals surface area contributed by atoms with Gasteiger partial charge in [0.1, 0.15) is 0 Å². The lowest BCUT2D eigenvalue weighted by atomic mass is 9.77. The average Bonchev–Trinajstić information content (AvgIpc) is 2.45. The van der Waals surface area contributed by atoms with Gasteiger partial charge in [-0.05, 0) is 39.2 Å². The molecule has 116 valence electrons. The van der Waals surface area contributed by atoms with Gasteiger partial charge in [0, 0.05) is 30.7 Å². The molecule has 21 heavy (non-hydrogen) atoms. The van der Waals surface area contributed by atoms with E-state index < -0.39 is 0 Å². The second-order valence-electron chi connectivity index (χ2n) is 7.85. The summed E-state index contributed by atoms with van der Waals surface area (Å²) in [6, 6.07) is 9.00. The first-order chi connectivity index (χ1) is 9.99. The van der Waals surface area contributed by atoms with E-state index >= 15 is 0 Å². The summed E-state index contributed by atoms with van der Waals surface area (Å²) in [5.74, 6) is 0. The van der Waals surface area contributed by atoms with Crippen molar-refractivity contribution >= 4 is 0 Å². The first kappa shape index (κ1) is 15.1. The van der Waals surface area contributed by atoms with Crippen molar-refractivity contribution < 1.29 is 0 Å². The van der Waals surface area contributed by atoms with Crippen LogP contribution >= 0.6 is 0 Å². The van der Waals surface area contributed by atoms with E-state index in [0.29, 0.717) is 5.54 Å². The van der Waals surface area contributed by atoms with Crippen LogP contribution in [0.2, 0.25) is 0 Å². The molecule has 3 rings (SSSR count). The zero-order valence-corrected chi connectivity index (χ0v) is 13.9. The van der Waals surface area contributed by atoms with Crippen LogP contribution in [0.15, 0.2) is 24.3 Å². The molecule has 1 aliphatic heterocycles. The van der Waals surface area contributed by atoms with Gasteiger partial charge in [-0.25, -0.2) is 0 Å². The van der Waals surface area contributed by atoms with Gasteiger partial charge in [-0.3, -0.25) is 4.90 Å². The Morgan fingerprint density at radius 1 is 1.14 bits per heavy atom. The lowest BCUT2D eigenvalue weighted by Crippen LogP contribution is -2.68. The van der Waals surface area contributed by atoms with Crippen molar-refractivity contribution in [2.75, 3.05) is 13.1 Å². The lowest BCUT2D eigenvalue weighted by Gasteiger charge is -2.53. The van der Waals surface area contributed by atoms with Crippen molar-refractivity contribution in [1.29, 1.82) is 0 Å². The van der Waals surface area contributed by atoms with Crippen LogP contribution in [0.1, 0.15) is 57.1 Å². The van der Waals surface area contributed by atoms with Gasteiger partial charge in [0.05, 0.1) is 0 Å². The van der Waals surface area contributed by atoms with E-state index in [9.17, 15) is 0 Å². The topological polar surface area (TPSA) is 15.3 Å². The molecule has 1 aromatic carbocycles. The van der Waals surface area contributed by atoms with Gasteiger partial charge in [-0.15, -0.1) is 0 Å². The highest BCUT2D eigenvalue weighted by molar-refractivity contribution is 5.22. The summed E-state index contributed by atoms with van der Waals surface area (Å²) in [4.78, 5) is 2.71. The molecule has 0 amide bonds. The first-order valence-corrected chi connectivity index (χ1v) is 8.55. The number of hydrogen-bond donors (Lipinski definition) is 1. The van der Waals surface area contributed by atoms with Crippen LogP contribution < -0.4 is 5.32 Å². The van der Waals surface area contributed by atoms with Crippen molar-refractivity contribution in [2.45, 2.75) is 70.5 Å². The number of hydrogen-bond acceptors (Lipinski definition) is 2. The summed E-state index contributed by atoms with van der Waals surface area (Å²) in [6.45, 7) is 10.3. The Kier molecular flexibility index (Phi) is 4.11. The highest BCUT2D eigenvalue weighted by atomic mass is 15.3. The summed E-state index contributed by atoms with van der Waals surface area (Å²) in [5.41, 5.74) is 3.45. The normalized spacial score (nSPS) is 25.1. The molecule has 1 aliphatic carbocycles. The first-order valence-electron chi connectivity index (χ1n) is 8.55. The predicted octanol–water partition coefficient (Wildman–Crippen LogP) is 3.88. The summed E-state index contributed by atoms with van der Waals surface area (Å²) in [5, 5.41) is 3.91. The van der Waals surface area contributed by atoms with Gasteiger partial charge in [-0.1, -0.05) is 49.1 Å². The minimum Gasteiger partial charge on any atom is -0.308 e. The third-order valence-electron chi connectivity index (χ3n) is 5.51. The minimum atomic E-state index is 0.243. The van der Waals surface area contributed by atoms with Crippen LogP contribution in [0, 0.1) is 6.92 Å². The molecule has 0 radical (unpaired) electrons. The zero-order chi connectivity index (χ0) is 14.9. The van der Waals surface area contributed by atoms with Crippen LogP contribution in [-0.4, -0.2) is 29.1 Å². The number of nitrogens with zero attached hydrogens (tertiary/aromatic N) is 1. The summed E-state index contributed by atoms with van der Waals surface area (Å²) in [6.07, 6.45) is 6.92. The quantitative estimate of drug-likeness (QED) is 0.887. The van der Waals surface area contributed by atoms with Gasteiger partial charge >= 0.3 is 0 Å². The highest BCUT2D eigenvalue weighted by Crippen LogP contribution is 2.35. The number of benzene rings is 1. The van der Waals surface area contributed by atoms with Crippen LogP contribution in [0.3, 0.4) is 0 Å². The van der Waals surface area contributed by atoms with Crippen LogP contribution in [0.4, 0.5) is 0 Å². The van der Waals surface area contributed by atoms with Gasteiger partial charge in [0.2, 0.25) is 0 Å². The van der Waals surface area contributed by atoms with Gasteiger partial charge in [0.15, 0.2) is 0 Å². The predicted molar refractivity (Wildman–Crippen MR) is 89.5 cm³/mol. The Balaban J connectivity index is 1.77. The van der Waals surface area contributed by atoms with Crippen LogP contribution in [0.25, 0.3) is 0 Å². The van der Waals surface area contributed by atoms with Crippen molar-refractivity contribution in [3.05, 3.63) is 35.4 Å². The van der Waals surface area contributed by atoms with E-state index in [4.69, 9.17) is 0 Å². The Bertz CT molecular complexity index is 486. The molecule has 0 aromatic heterocycles. The Hall–Kier alpha value is -0.860. The fourth-order valence-electron chi connectivity index (χ4n) is 4.02. The number of nitrogens with one attached hydrogen (secondary N) is 1. The summed E-state index contributed by atoms with van der Waals surface area (Å²) < 4.78 is 0. The second-order valence-corrected chi connectivity index (χ2v) is 7.85. The Morgan fingerprint density at radius 2 is 1.90 bits per heavy atom. The molecule has 1 N–H and O–H groups in total. The molecule has 0 atom stereocenters. The largest absolute Gasteiger partial charge is 0.308 e. The van der Waals surface area contributed by atoms with E-state index in [1.165, 1.54) is 49.8 Å². The average molecular weight is 286 g/mol. The molecule has 1 spiro atoms. The summed E-state index contributed by atoms with van der Waals surface area (Å²) in [7, 11) is 0. The third-order valence-corrected chi connectivity index (χ3v) is 5.51. The van der Waals surface area contributed by atoms with E-state index in [-0.39, 0.29) is 5.54 Å². The number of piperazine rings is 1. The molecule has 1 saturated heterocycles. The maximum absolute atomic E-state index is 3.91. The number of aryl methyl sites for hydroxylation is 1. The zero-order valence-electron chi connectivity index (χ0n) is 13.9. The van der Waals surface area contributed by atoms with Gasteiger partial charge in [-0.2, -0.15) is 0 Å². The smallest absolute Gasteiger partial charge is 0.0309 e. The van der Waals surface area contributed by atoms with Gasteiger partial charge in [0.25, 0.3) is 0 Å². The monoisotopic (exact) mass is 286 g/mol. The van der Waals surface area contributed by atoms with Gasteiger partial charge < -0.3 is 5.32 Å². The second kappa shape index (κ2) is 5.73. The fourth-order valence-corrected chi connectivity index (χ4v) is 4.02. The van der Waals surface area contributed by atoms with Crippen molar-refractivity contribution in [3.63, 3.8) is 0 Å². The molecule has 1 saturated carbocycles. The lowest BCUT2D eigenvalue weighted by molar-refractivity contribution is 0.00485. The molecular weight excluding hydrogens is 256 g/mol. The van der Waals surface area contributed by atoms with Crippen LogP contribution in [0.5, 0.6) is 0 Å². The molecule has 1 aromatic rings. The molecule has 2 fully saturated rings. The molecule has 2 heteroatoms. The Labute approximate surface area is 129 Å². The van der Waals surface area contributed by atoms with Crippen molar-refractivity contribution in [3.8, 4) is 0 Å². The van der Waals surface area contributed by atoms with E-state index in [1.54, 1.807) is 0 Å². The van der Waals surface area contributed by atoms with E-state index in [0.717, 1.165) is 13.1 Å². The molecule has 2 aliphatic rings. The SMILES string of the molecule is Cc1cccc(CN2CC3(CCCCC3)NCC2(C)C)c1. The number of rotatable bonds is 2. The molecule has 0 unspecified atom stereocenters. The van der Waals surface area contributed by atoms with Crippen LogP contribution in [-0.2, 0) is 6.54 Å². The highest BCUT2D eigenvalue weighted by Gasteiger charge is 2.42. The summed E-state index contributed by atoms with van der Waals surface area (Å²) >= 11 is 0. The maximum Gasteiger partial charge on any atom is 0.0309 e. The van der Waals surface area contributed by atoms with Crippen molar-refractivity contribution in [2.24, 2.45) is 0 Å². The maximum atomic E-state index is 3.91. The minimum absolute atomic E-state index is 0.243. The molecule has 0 bridgehead atoms. The van der Waals surface area contributed by atoms with E-state index in [2.05, 4.69) is 55.3 Å². The van der Waals surface area contributed by atoms with Crippen molar-refractivity contribution in [1.82, 2.24) is 10.2 Å². The standard InChI is InChI=1S/C19H30N2/c1-16-8-7-9-17(12-16)13-21-15-19(10-5-4-6-11-19)20-14-18(21,2)3/h7-9,12,20H,4-6,10-11,13-15H2,1-3H3. The Morgan fingerprint density at radius 3 is 2.62 bits per heavy atom. The molecule has 2 nitrogen and oxygen atoms in total. The molecular formula is C19H30N2.